The van der Waals surface area contributed by atoms with Gasteiger partial charge in [0, 0.05) is 28.4 Å². The molecule has 25 heavy (non-hydrogen) atoms. The van der Waals surface area contributed by atoms with E-state index in [4.69, 9.17) is 11.5 Å². The monoisotopic (exact) mass is 334 g/mol. The molecule has 4 rings (SSSR count). The molecule has 4 aromatic rings. The number of nitrogen functional groups attached to an aromatic ring is 1. The first-order valence-corrected chi connectivity index (χ1v) is 7.90. The number of pyridine rings is 1. The predicted octanol–water partition coefficient (Wildman–Crippen LogP) is 2.48. The topological polar surface area (TPSA) is 115 Å². The molecule has 0 spiro atoms. The number of nitrogens with two attached hydrogens (primary N) is 2. The number of aromatic amines is 1. The Morgan fingerprint density at radius 2 is 1.96 bits per heavy atom. The zero-order chi connectivity index (χ0) is 17.9. The Bertz CT molecular complexity index is 1170. The number of imidazole rings is 1. The largest absolute Gasteiger partial charge is 0.397 e. The minimum atomic E-state index is -0.566. The first kappa shape index (κ1) is 15.2. The van der Waals surface area contributed by atoms with Crippen molar-refractivity contribution in [2.45, 2.75) is 20.8 Å². The van der Waals surface area contributed by atoms with Crippen molar-refractivity contribution in [1.82, 2.24) is 19.6 Å². The number of benzene rings is 1. The molecule has 0 unspecified atom stereocenters. The second-order valence-electron chi connectivity index (χ2n) is 6.26. The normalized spacial score (nSPS) is 11.5. The van der Waals surface area contributed by atoms with E-state index in [1.807, 2.05) is 37.3 Å². The van der Waals surface area contributed by atoms with E-state index in [9.17, 15) is 4.79 Å². The smallest absolute Gasteiger partial charge is 0.252 e. The van der Waals surface area contributed by atoms with E-state index in [0.717, 1.165) is 33.4 Å². The van der Waals surface area contributed by atoms with Gasteiger partial charge in [-0.25, -0.2) is 4.98 Å². The molecule has 3 heterocycles. The molecule has 0 bridgehead atoms. The van der Waals surface area contributed by atoms with Crippen LogP contribution in [0.4, 0.5) is 5.69 Å². The fourth-order valence-electron chi connectivity index (χ4n) is 3.32. The second kappa shape index (κ2) is 5.07. The van der Waals surface area contributed by atoms with Crippen LogP contribution in [0, 0.1) is 20.8 Å². The summed E-state index contributed by atoms with van der Waals surface area (Å²) in [5.41, 5.74) is 18.6. The molecule has 1 aromatic carbocycles. The SMILES string of the molecule is Cc1ccc2[nH]ncc2c1-c1c(N)c(C(N)=O)cn2c(C)c(C)nc12. The highest BCUT2D eigenvalue weighted by Gasteiger charge is 2.22. The summed E-state index contributed by atoms with van der Waals surface area (Å²) in [5, 5.41) is 8.03. The quantitative estimate of drug-likeness (QED) is 0.522. The van der Waals surface area contributed by atoms with Crippen molar-refractivity contribution >= 4 is 28.1 Å². The third-order valence-corrected chi connectivity index (χ3v) is 4.78. The van der Waals surface area contributed by atoms with Gasteiger partial charge < -0.3 is 15.9 Å². The van der Waals surface area contributed by atoms with Gasteiger partial charge in [-0.3, -0.25) is 9.89 Å². The summed E-state index contributed by atoms with van der Waals surface area (Å²) in [4.78, 5) is 16.6. The van der Waals surface area contributed by atoms with Gasteiger partial charge in [-0.2, -0.15) is 5.10 Å². The van der Waals surface area contributed by atoms with Crippen LogP contribution in [-0.2, 0) is 0 Å². The van der Waals surface area contributed by atoms with Crippen LogP contribution in [0.5, 0.6) is 0 Å². The molecule has 1 amide bonds. The standard InChI is InChI=1S/C18H18N6O/c1-8-4-5-13-11(6-21-23-13)14(8)15-16(19)12(17(20)25)7-24-10(3)9(2)22-18(15)24/h4-7H,19H2,1-3H3,(H2,20,25)(H,21,23). The van der Waals surface area contributed by atoms with E-state index in [-0.39, 0.29) is 5.56 Å². The Labute approximate surface area is 143 Å². The van der Waals surface area contributed by atoms with Crippen molar-refractivity contribution in [1.29, 1.82) is 0 Å². The van der Waals surface area contributed by atoms with E-state index in [1.54, 1.807) is 12.4 Å². The highest BCUT2D eigenvalue weighted by atomic mass is 16.1. The summed E-state index contributed by atoms with van der Waals surface area (Å²) in [6, 6.07) is 3.96. The van der Waals surface area contributed by atoms with E-state index >= 15 is 0 Å². The van der Waals surface area contributed by atoms with Crippen molar-refractivity contribution in [3.8, 4) is 11.1 Å². The summed E-state index contributed by atoms with van der Waals surface area (Å²) < 4.78 is 1.87. The summed E-state index contributed by atoms with van der Waals surface area (Å²) in [5.74, 6) is -0.566. The van der Waals surface area contributed by atoms with Gasteiger partial charge >= 0.3 is 0 Å². The van der Waals surface area contributed by atoms with Crippen LogP contribution in [0.25, 0.3) is 27.7 Å². The molecule has 0 radical (unpaired) electrons. The molecule has 0 fully saturated rings. The van der Waals surface area contributed by atoms with Crippen LogP contribution in [0.1, 0.15) is 27.3 Å². The first-order chi connectivity index (χ1) is 11.9. The molecular weight excluding hydrogens is 316 g/mol. The molecule has 7 nitrogen and oxygen atoms in total. The van der Waals surface area contributed by atoms with E-state index in [1.165, 1.54) is 0 Å². The lowest BCUT2D eigenvalue weighted by Gasteiger charge is -2.15. The third-order valence-electron chi connectivity index (χ3n) is 4.78. The van der Waals surface area contributed by atoms with Crippen LogP contribution in [0.15, 0.2) is 24.5 Å². The van der Waals surface area contributed by atoms with E-state index in [2.05, 4.69) is 15.2 Å². The number of primary amides is 1. The number of carbonyl (C=O) groups excluding carboxylic acids is 1. The zero-order valence-electron chi connectivity index (χ0n) is 14.2. The number of aryl methyl sites for hydroxylation is 3. The molecule has 3 aromatic heterocycles. The Morgan fingerprint density at radius 3 is 2.68 bits per heavy atom. The molecule has 5 N–H and O–H groups in total. The Morgan fingerprint density at radius 1 is 1.20 bits per heavy atom. The fourth-order valence-corrected chi connectivity index (χ4v) is 3.32. The fraction of sp³-hybridized carbons (Fsp3) is 0.167. The molecule has 0 aliphatic rings. The van der Waals surface area contributed by atoms with Crippen LogP contribution in [0.3, 0.4) is 0 Å². The number of rotatable bonds is 2. The molecular formula is C18H18N6O. The minimum absolute atomic E-state index is 0.280. The molecule has 0 saturated heterocycles. The highest BCUT2D eigenvalue weighted by Crippen LogP contribution is 2.39. The maximum Gasteiger partial charge on any atom is 0.252 e. The number of aromatic nitrogens is 4. The summed E-state index contributed by atoms with van der Waals surface area (Å²) in [7, 11) is 0. The average Bonchev–Trinajstić information content (AvgIpc) is 3.13. The lowest BCUT2D eigenvalue weighted by Crippen LogP contribution is -2.16. The van der Waals surface area contributed by atoms with Crippen molar-refractivity contribution in [3.63, 3.8) is 0 Å². The Kier molecular flexibility index (Phi) is 3.08. The minimum Gasteiger partial charge on any atom is -0.397 e. The third kappa shape index (κ3) is 2.02. The van der Waals surface area contributed by atoms with Crippen LogP contribution in [-0.4, -0.2) is 25.5 Å². The van der Waals surface area contributed by atoms with Crippen molar-refractivity contribution in [3.05, 3.63) is 47.0 Å². The van der Waals surface area contributed by atoms with Crippen molar-refractivity contribution in [2.24, 2.45) is 5.73 Å². The predicted molar refractivity (Wildman–Crippen MR) is 97.4 cm³/mol. The summed E-state index contributed by atoms with van der Waals surface area (Å²) >= 11 is 0. The van der Waals surface area contributed by atoms with Crippen molar-refractivity contribution in [2.75, 3.05) is 5.73 Å². The zero-order valence-corrected chi connectivity index (χ0v) is 14.2. The Balaban J connectivity index is 2.26. The maximum absolute atomic E-state index is 12.0. The lowest BCUT2D eigenvalue weighted by atomic mass is 9.95. The lowest BCUT2D eigenvalue weighted by molar-refractivity contribution is 0.100. The van der Waals surface area contributed by atoms with Gasteiger partial charge in [-0.15, -0.1) is 0 Å². The Hall–Kier alpha value is -3.35. The first-order valence-electron chi connectivity index (χ1n) is 7.90. The number of nitrogens with zero attached hydrogens (tertiary/aromatic N) is 3. The second-order valence-corrected chi connectivity index (χ2v) is 6.26. The molecule has 0 atom stereocenters. The van der Waals surface area contributed by atoms with Gasteiger partial charge in [0.1, 0.15) is 5.65 Å². The number of hydrogen-bond donors (Lipinski definition) is 3. The molecule has 0 aliphatic heterocycles. The van der Waals surface area contributed by atoms with Gasteiger partial charge in [0.2, 0.25) is 0 Å². The van der Waals surface area contributed by atoms with Crippen LogP contribution < -0.4 is 11.5 Å². The van der Waals surface area contributed by atoms with Gasteiger partial charge in [-0.1, -0.05) is 6.07 Å². The van der Waals surface area contributed by atoms with Gasteiger partial charge in [0.15, 0.2) is 0 Å². The molecule has 126 valence electrons. The number of hydrogen-bond acceptors (Lipinski definition) is 4. The molecule has 7 heteroatoms. The summed E-state index contributed by atoms with van der Waals surface area (Å²) in [6.45, 7) is 5.88. The number of fused-ring (bicyclic) bond motifs is 2. The average molecular weight is 334 g/mol. The van der Waals surface area contributed by atoms with E-state index < -0.39 is 5.91 Å². The molecule has 0 aliphatic carbocycles. The maximum atomic E-state index is 12.0. The number of carbonyl (C=O) groups is 1. The summed E-state index contributed by atoms with van der Waals surface area (Å²) in [6.07, 6.45) is 3.42. The van der Waals surface area contributed by atoms with Gasteiger partial charge in [0.25, 0.3) is 5.91 Å². The van der Waals surface area contributed by atoms with E-state index in [0.29, 0.717) is 16.9 Å². The van der Waals surface area contributed by atoms with Gasteiger partial charge in [-0.05, 0) is 32.4 Å². The number of amides is 1. The number of H-pyrrole nitrogens is 1. The van der Waals surface area contributed by atoms with Crippen molar-refractivity contribution < 1.29 is 4.79 Å². The number of nitrogens with one attached hydrogen (secondary N) is 1. The van der Waals surface area contributed by atoms with Gasteiger partial charge in [0.05, 0.1) is 28.7 Å². The molecule has 0 saturated carbocycles. The number of anilines is 1. The van der Waals surface area contributed by atoms with Crippen LogP contribution in [0.2, 0.25) is 0 Å². The van der Waals surface area contributed by atoms with Crippen LogP contribution >= 0.6 is 0 Å². The highest BCUT2D eigenvalue weighted by molar-refractivity contribution is 6.09.